The van der Waals surface area contributed by atoms with Crippen molar-refractivity contribution in [2.24, 2.45) is 11.3 Å². The van der Waals surface area contributed by atoms with E-state index in [9.17, 15) is 4.79 Å². The molecule has 86 valence electrons. The Bertz CT molecular complexity index is 240. The van der Waals surface area contributed by atoms with Crippen molar-refractivity contribution in [2.45, 2.75) is 39.0 Å². The molecule has 1 heterocycles. The highest BCUT2D eigenvalue weighted by molar-refractivity contribution is 5.69. The molecular weight excluding hydrogens is 190 g/mol. The summed E-state index contributed by atoms with van der Waals surface area (Å²) in [6.45, 7) is 5.44. The van der Waals surface area contributed by atoms with Gasteiger partial charge >= 0.3 is 5.97 Å². The number of carboxylic acids is 1. The maximum Gasteiger partial charge on any atom is 0.306 e. The summed E-state index contributed by atoms with van der Waals surface area (Å²) in [6.07, 6.45) is 6.12. The fraction of sp³-hybridized carbons (Fsp3) is 0.917. The fourth-order valence-corrected chi connectivity index (χ4v) is 2.80. The predicted octanol–water partition coefficient (Wildman–Crippen LogP) is 1.97. The minimum atomic E-state index is -0.658. The monoisotopic (exact) mass is 211 g/mol. The van der Waals surface area contributed by atoms with E-state index >= 15 is 0 Å². The number of hydrogen-bond donors (Lipinski definition) is 1. The molecule has 1 unspecified atom stereocenters. The number of hydrogen-bond acceptors (Lipinski definition) is 2. The summed E-state index contributed by atoms with van der Waals surface area (Å²) < 4.78 is 0. The van der Waals surface area contributed by atoms with Crippen LogP contribution in [0.2, 0.25) is 0 Å². The number of carbonyl (C=O) groups is 1. The lowest BCUT2D eigenvalue weighted by molar-refractivity contribution is -0.141. The van der Waals surface area contributed by atoms with Gasteiger partial charge in [0.1, 0.15) is 0 Å². The number of carboxylic acid groups (broad SMARTS) is 1. The van der Waals surface area contributed by atoms with Gasteiger partial charge in [-0.2, -0.15) is 0 Å². The second-order valence-corrected chi connectivity index (χ2v) is 5.45. The Hall–Kier alpha value is -0.570. The van der Waals surface area contributed by atoms with Crippen molar-refractivity contribution < 1.29 is 9.90 Å². The zero-order valence-corrected chi connectivity index (χ0v) is 9.54. The molecule has 1 aliphatic carbocycles. The molecule has 3 heteroatoms. The van der Waals surface area contributed by atoms with Crippen LogP contribution in [0.4, 0.5) is 0 Å². The van der Waals surface area contributed by atoms with Crippen LogP contribution in [0, 0.1) is 11.3 Å². The van der Waals surface area contributed by atoms with Gasteiger partial charge in [0, 0.05) is 13.1 Å². The Balaban J connectivity index is 1.54. The topological polar surface area (TPSA) is 40.5 Å². The summed E-state index contributed by atoms with van der Waals surface area (Å²) in [4.78, 5) is 13.1. The first kappa shape index (κ1) is 10.9. The standard InChI is InChI=1S/C12H21NO2/c1-10(11(14)15)4-2-7-13-8-12(9-13)5-3-6-12/h10H,2-9H2,1H3,(H,14,15). The Morgan fingerprint density at radius 1 is 1.47 bits per heavy atom. The van der Waals surface area contributed by atoms with Crippen LogP contribution >= 0.6 is 0 Å². The molecule has 1 aliphatic heterocycles. The summed E-state index contributed by atoms with van der Waals surface area (Å²) in [7, 11) is 0. The SMILES string of the molecule is CC(CCCN1CC2(CCC2)C1)C(=O)O. The molecule has 1 N–H and O–H groups in total. The Labute approximate surface area is 91.5 Å². The van der Waals surface area contributed by atoms with E-state index in [4.69, 9.17) is 5.11 Å². The molecule has 0 bridgehead atoms. The molecule has 0 aromatic rings. The van der Waals surface area contributed by atoms with E-state index in [2.05, 4.69) is 4.90 Å². The molecule has 0 radical (unpaired) electrons. The zero-order chi connectivity index (χ0) is 10.9. The minimum absolute atomic E-state index is 0.177. The van der Waals surface area contributed by atoms with Gasteiger partial charge in [0.2, 0.25) is 0 Å². The molecule has 2 fully saturated rings. The van der Waals surface area contributed by atoms with Crippen molar-refractivity contribution in [1.29, 1.82) is 0 Å². The van der Waals surface area contributed by atoms with Gasteiger partial charge < -0.3 is 10.0 Å². The van der Waals surface area contributed by atoms with Crippen molar-refractivity contribution >= 4 is 5.97 Å². The Morgan fingerprint density at radius 2 is 2.13 bits per heavy atom. The van der Waals surface area contributed by atoms with Crippen LogP contribution in [-0.2, 0) is 4.79 Å². The van der Waals surface area contributed by atoms with E-state index in [1.807, 2.05) is 0 Å². The highest BCUT2D eigenvalue weighted by Crippen LogP contribution is 2.47. The quantitative estimate of drug-likeness (QED) is 0.756. The predicted molar refractivity (Wildman–Crippen MR) is 58.8 cm³/mol. The fourth-order valence-electron chi connectivity index (χ4n) is 2.80. The normalized spacial score (nSPS) is 25.7. The lowest BCUT2D eigenvalue weighted by Crippen LogP contribution is -2.59. The Kier molecular flexibility index (Phi) is 3.01. The smallest absolute Gasteiger partial charge is 0.306 e. The average Bonchev–Trinajstić information content (AvgIpc) is 2.05. The minimum Gasteiger partial charge on any atom is -0.481 e. The van der Waals surface area contributed by atoms with Crippen LogP contribution in [0.1, 0.15) is 39.0 Å². The van der Waals surface area contributed by atoms with Crippen LogP contribution in [0.25, 0.3) is 0 Å². The van der Waals surface area contributed by atoms with Crippen molar-refractivity contribution in [3.8, 4) is 0 Å². The molecular formula is C12H21NO2. The van der Waals surface area contributed by atoms with E-state index in [1.54, 1.807) is 6.92 Å². The molecule has 2 aliphatic rings. The third-order valence-electron chi connectivity index (χ3n) is 4.07. The molecule has 3 nitrogen and oxygen atoms in total. The van der Waals surface area contributed by atoms with Gasteiger partial charge in [-0.3, -0.25) is 4.79 Å². The highest BCUT2D eigenvalue weighted by Gasteiger charge is 2.46. The van der Waals surface area contributed by atoms with E-state index < -0.39 is 5.97 Å². The second kappa shape index (κ2) is 4.12. The first-order chi connectivity index (χ1) is 7.11. The van der Waals surface area contributed by atoms with Crippen LogP contribution in [0.15, 0.2) is 0 Å². The number of rotatable bonds is 5. The molecule has 1 saturated carbocycles. The lowest BCUT2D eigenvalue weighted by Gasteiger charge is -2.56. The first-order valence-electron chi connectivity index (χ1n) is 6.06. The van der Waals surface area contributed by atoms with Gasteiger partial charge in [0.25, 0.3) is 0 Å². The van der Waals surface area contributed by atoms with Crippen LogP contribution in [-0.4, -0.2) is 35.6 Å². The zero-order valence-electron chi connectivity index (χ0n) is 9.54. The van der Waals surface area contributed by atoms with E-state index in [0.29, 0.717) is 5.41 Å². The first-order valence-corrected chi connectivity index (χ1v) is 6.06. The summed E-state index contributed by atoms with van der Waals surface area (Å²) in [6, 6.07) is 0. The van der Waals surface area contributed by atoms with Gasteiger partial charge in [0.15, 0.2) is 0 Å². The van der Waals surface area contributed by atoms with Crippen LogP contribution in [0.5, 0.6) is 0 Å². The summed E-state index contributed by atoms with van der Waals surface area (Å²) in [5.41, 5.74) is 0.707. The van der Waals surface area contributed by atoms with Crippen LogP contribution in [0.3, 0.4) is 0 Å². The van der Waals surface area contributed by atoms with Crippen molar-refractivity contribution in [3.05, 3.63) is 0 Å². The van der Waals surface area contributed by atoms with Crippen molar-refractivity contribution in [2.75, 3.05) is 19.6 Å². The van der Waals surface area contributed by atoms with E-state index in [-0.39, 0.29) is 5.92 Å². The molecule has 15 heavy (non-hydrogen) atoms. The number of nitrogens with zero attached hydrogens (tertiary/aromatic N) is 1. The number of aliphatic carboxylic acids is 1. The summed E-state index contributed by atoms with van der Waals surface area (Å²) >= 11 is 0. The Morgan fingerprint density at radius 3 is 2.60 bits per heavy atom. The second-order valence-electron chi connectivity index (χ2n) is 5.45. The van der Waals surface area contributed by atoms with Gasteiger partial charge in [-0.1, -0.05) is 13.3 Å². The van der Waals surface area contributed by atoms with Gasteiger partial charge in [-0.25, -0.2) is 0 Å². The highest BCUT2D eigenvalue weighted by atomic mass is 16.4. The number of likely N-dealkylation sites (tertiary alicyclic amines) is 1. The molecule has 1 atom stereocenters. The third kappa shape index (κ3) is 2.33. The van der Waals surface area contributed by atoms with Crippen molar-refractivity contribution in [3.63, 3.8) is 0 Å². The molecule has 0 amide bonds. The lowest BCUT2D eigenvalue weighted by atomic mass is 9.63. The van der Waals surface area contributed by atoms with Gasteiger partial charge in [-0.15, -0.1) is 0 Å². The van der Waals surface area contributed by atoms with Gasteiger partial charge in [-0.05, 0) is 37.6 Å². The molecule has 1 saturated heterocycles. The maximum atomic E-state index is 10.6. The molecule has 0 aromatic carbocycles. The van der Waals surface area contributed by atoms with E-state index in [0.717, 1.165) is 19.4 Å². The largest absolute Gasteiger partial charge is 0.481 e. The summed E-state index contributed by atoms with van der Waals surface area (Å²) in [5.74, 6) is -0.835. The van der Waals surface area contributed by atoms with Crippen LogP contribution < -0.4 is 0 Å². The maximum absolute atomic E-state index is 10.6. The molecule has 0 aromatic heterocycles. The van der Waals surface area contributed by atoms with Crippen molar-refractivity contribution in [1.82, 2.24) is 4.90 Å². The van der Waals surface area contributed by atoms with Gasteiger partial charge in [0.05, 0.1) is 5.92 Å². The average molecular weight is 211 g/mol. The summed E-state index contributed by atoms with van der Waals surface area (Å²) in [5, 5.41) is 8.74. The molecule has 2 rings (SSSR count). The van der Waals surface area contributed by atoms with E-state index in [1.165, 1.54) is 32.4 Å². The molecule has 1 spiro atoms. The third-order valence-corrected chi connectivity index (χ3v) is 4.07.